The number of allylic oxidation sites excluding steroid dienone is 1. The zero-order valence-corrected chi connectivity index (χ0v) is 4.59. The molecule has 0 saturated heterocycles. The van der Waals surface area contributed by atoms with Gasteiger partial charge in [-0.15, -0.1) is 0 Å². The van der Waals surface area contributed by atoms with E-state index in [4.69, 9.17) is 11.5 Å². The lowest BCUT2D eigenvalue weighted by molar-refractivity contribution is 0.720. The maximum Gasteiger partial charge on any atom is 0.0556 e. The van der Waals surface area contributed by atoms with Crippen molar-refractivity contribution in [2.24, 2.45) is 11.5 Å². The molecule has 0 aromatic heterocycles. The Balaban J connectivity index is 2.97. The number of rotatable bonds is 2. The van der Waals surface area contributed by atoms with E-state index >= 15 is 0 Å². The Labute approximate surface area is 44.2 Å². The van der Waals surface area contributed by atoms with Gasteiger partial charge in [0.2, 0.25) is 0 Å². The molecule has 0 aromatic carbocycles. The third-order valence-corrected chi connectivity index (χ3v) is 0.644. The van der Waals surface area contributed by atoms with E-state index in [1.807, 2.05) is 19.1 Å². The van der Waals surface area contributed by atoms with Crippen LogP contribution < -0.4 is 11.5 Å². The normalized spacial score (nSPS) is 11.4. The molecule has 4 N–H and O–H groups in total. The summed E-state index contributed by atoms with van der Waals surface area (Å²) in [5.74, 6) is 0. The summed E-state index contributed by atoms with van der Waals surface area (Å²) in [6, 6.07) is 0. The monoisotopic (exact) mass is 100 g/mol. The van der Waals surface area contributed by atoms with E-state index < -0.39 is 0 Å². The second-order valence-electron chi connectivity index (χ2n) is 1.47. The lowest BCUT2D eigenvalue weighted by Gasteiger charge is -1.95. The Bertz CT molecular complexity index is 57.1. The first-order valence-corrected chi connectivity index (χ1v) is 2.39. The summed E-state index contributed by atoms with van der Waals surface area (Å²) in [6.45, 7) is 1.95. The van der Waals surface area contributed by atoms with Gasteiger partial charge in [-0.2, -0.15) is 0 Å². The quantitative estimate of drug-likeness (QED) is 0.384. The van der Waals surface area contributed by atoms with E-state index in [1.54, 1.807) is 0 Å². The van der Waals surface area contributed by atoms with Gasteiger partial charge in [-0.25, -0.2) is 0 Å². The zero-order chi connectivity index (χ0) is 5.70. The van der Waals surface area contributed by atoms with Crippen LogP contribution in [-0.4, -0.2) is 6.17 Å². The third-order valence-electron chi connectivity index (χ3n) is 0.644. The molecule has 0 saturated carbocycles. The number of nitrogens with two attached hydrogens (primary N) is 2. The first-order valence-electron chi connectivity index (χ1n) is 2.39. The molecule has 0 bridgehead atoms. The van der Waals surface area contributed by atoms with Crippen LogP contribution in [0, 0.1) is 0 Å². The second kappa shape index (κ2) is 3.84. The molecule has 0 aliphatic carbocycles. The second-order valence-corrected chi connectivity index (χ2v) is 1.47. The van der Waals surface area contributed by atoms with Crippen molar-refractivity contribution < 1.29 is 0 Å². The predicted octanol–water partition coefficient (Wildman–Crippen LogP) is 0.196. The van der Waals surface area contributed by atoms with Crippen molar-refractivity contribution in [3.8, 4) is 0 Å². The van der Waals surface area contributed by atoms with Gasteiger partial charge >= 0.3 is 0 Å². The van der Waals surface area contributed by atoms with Crippen LogP contribution in [0.1, 0.15) is 13.3 Å². The molecule has 0 spiro atoms. The maximum absolute atomic E-state index is 5.20. The highest BCUT2D eigenvalue weighted by Crippen LogP contribution is 1.79. The summed E-state index contributed by atoms with van der Waals surface area (Å²) in [6.07, 6.45) is 4.48. The van der Waals surface area contributed by atoms with E-state index in [-0.39, 0.29) is 6.17 Å². The van der Waals surface area contributed by atoms with Crippen LogP contribution in [0.15, 0.2) is 12.2 Å². The summed E-state index contributed by atoms with van der Waals surface area (Å²) in [4.78, 5) is 0. The van der Waals surface area contributed by atoms with Crippen molar-refractivity contribution in [3.63, 3.8) is 0 Å². The molecule has 0 amide bonds. The SMILES string of the molecule is CC=CCC(N)N. The molecule has 0 unspecified atom stereocenters. The van der Waals surface area contributed by atoms with Gasteiger partial charge in [0, 0.05) is 0 Å². The van der Waals surface area contributed by atoms with E-state index in [1.165, 1.54) is 0 Å². The summed E-state index contributed by atoms with van der Waals surface area (Å²) in [7, 11) is 0. The van der Waals surface area contributed by atoms with Gasteiger partial charge in [0.25, 0.3) is 0 Å². The molecular formula is C5H12N2. The molecule has 7 heavy (non-hydrogen) atoms. The molecule has 42 valence electrons. The predicted molar refractivity (Wildman–Crippen MR) is 31.6 cm³/mol. The Hall–Kier alpha value is -0.340. The van der Waals surface area contributed by atoms with E-state index in [0.29, 0.717) is 0 Å². The maximum atomic E-state index is 5.20. The van der Waals surface area contributed by atoms with Crippen LogP contribution in [0.2, 0.25) is 0 Å². The minimum absolute atomic E-state index is 0.184. The lowest BCUT2D eigenvalue weighted by atomic mass is 10.3. The van der Waals surface area contributed by atoms with Crippen LogP contribution in [-0.2, 0) is 0 Å². The molecule has 0 atom stereocenters. The Morgan fingerprint density at radius 1 is 1.57 bits per heavy atom. The van der Waals surface area contributed by atoms with Crippen LogP contribution in [0.5, 0.6) is 0 Å². The highest BCUT2D eigenvalue weighted by Gasteiger charge is 1.83. The minimum atomic E-state index is -0.184. The molecule has 0 aromatic rings. The van der Waals surface area contributed by atoms with Gasteiger partial charge in [-0.05, 0) is 13.3 Å². The van der Waals surface area contributed by atoms with Crippen LogP contribution in [0.3, 0.4) is 0 Å². The van der Waals surface area contributed by atoms with Crippen LogP contribution >= 0.6 is 0 Å². The zero-order valence-electron chi connectivity index (χ0n) is 4.59. The van der Waals surface area contributed by atoms with Gasteiger partial charge in [0.15, 0.2) is 0 Å². The Morgan fingerprint density at radius 2 is 2.14 bits per heavy atom. The standard InChI is InChI=1S/C5H12N2/c1-2-3-4-5(6)7/h2-3,5H,4,6-7H2,1H3. The molecule has 2 heteroatoms. The largest absolute Gasteiger partial charge is 0.316 e. The smallest absolute Gasteiger partial charge is 0.0556 e. The van der Waals surface area contributed by atoms with E-state index in [0.717, 1.165) is 6.42 Å². The fraction of sp³-hybridized carbons (Fsp3) is 0.600. The molecule has 0 aliphatic heterocycles. The van der Waals surface area contributed by atoms with Crippen LogP contribution in [0.25, 0.3) is 0 Å². The molecule has 2 nitrogen and oxygen atoms in total. The average Bonchev–Trinajstić information content (AvgIpc) is 1.61. The molecule has 0 rings (SSSR count). The summed E-state index contributed by atoms with van der Waals surface area (Å²) >= 11 is 0. The van der Waals surface area contributed by atoms with Gasteiger partial charge in [-0.3, -0.25) is 0 Å². The van der Waals surface area contributed by atoms with Gasteiger partial charge < -0.3 is 11.5 Å². The lowest BCUT2D eigenvalue weighted by Crippen LogP contribution is -2.29. The van der Waals surface area contributed by atoms with E-state index in [2.05, 4.69) is 0 Å². The first-order chi connectivity index (χ1) is 3.27. The summed E-state index contributed by atoms with van der Waals surface area (Å²) < 4.78 is 0. The van der Waals surface area contributed by atoms with Gasteiger partial charge in [0.05, 0.1) is 6.17 Å². The molecular weight excluding hydrogens is 88.1 g/mol. The van der Waals surface area contributed by atoms with Crippen molar-refractivity contribution in [1.29, 1.82) is 0 Å². The molecule has 0 heterocycles. The van der Waals surface area contributed by atoms with Crippen molar-refractivity contribution >= 4 is 0 Å². The third kappa shape index (κ3) is 5.66. The fourth-order valence-electron chi connectivity index (χ4n) is 0.293. The highest BCUT2D eigenvalue weighted by atomic mass is 14.8. The van der Waals surface area contributed by atoms with Crippen LogP contribution in [0.4, 0.5) is 0 Å². The minimum Gasteiger partial charge on any atom is -0.316 e. The molecule has 0 radical (unpaired) electrons. The van der Waals surface area contributed by atoms with Crippen molar-refractivity contribution in [3.05, 3.63) is 12.2 Å². The van der Waals surface area contributed by atoms with Crippen molar-refractivity contribution in [2.45, 2.75) is 19.5 Å². The Kier molecular flexibility index (Phi) is 3.65. The average molecular weight is 100 g/mol. The van der Waals surface area contributed by atoms with Gasteiger partial charge in [-0.1, -0.05) is 12.2 Å². The topological polar surface area (TPSA) is 52.0 Å². The highest BCUT2D eigenvalue weighted by molar-refractivity contribution is 4.79. The fourth-order valence-corrected chi connectivity index (χ4v) is 0.293. The first kappa shape index (κ1) is 6.66. The summed E-state index contributed by atoms with van der Waals surface area (Å²) in [5, 5.41) is 0. The number of hydrogen-bond acceptors (Lipinski definition) is 2. The number of hydrogen-bond donors (Lipinski definition) is 2. The van der Waals surface area contributed by atoms with E-state index in [9.17, 15) is 0 Å². The van der Waals surface area contributed by atoms with Gasteiger partial charge in [0.1, 0.15) is 0 Å². The summed E-state index contributed by atoms with van der Waals surface area (Å²) in [5.41, 5.74) is 10.4. The molecule has 0 aliphatic rings. The molecule has 0 fully saturated rings. The van der Waals surface area contributed by atoms with Crippen molar-refractivity contribution in [1.82, 2.24) is 0 Å². The Morgan fingerprint density at radius 3 is 2.29 bits per heavy atom. The van der Waals surface area contributed by atoms with Crippen molar-refractivity contribution in [2.75, 3.05) is 0 Å².